The smallest absolute Gasteiger partial charge is 0.260 e. The first-order valence-electron chi connectivity index (χ1n) is 6.37. The number of hydrogen-bond donors (Lipinski definition) is 0. The summed E-state index contributed by atoms with van der Waals surface area (Å²) in [6.45, 7) is 0.883. The summed E-state index contributed by atoms with van der Waals surface area (Å²) in [7, 11) is 1.59. The number of hydrogen-bond acceptors (Lipinski definition) is 3. The molecule has 1 atom stereocenters. The van der Waals surface area contributed by atoms with Crippen LogP contribution < -0.4 is 9.47 Å². The van der Waals surface area contributed by atoms with Crippen molar-refractivity contribution in [3.8, 4) is 11.5 Å². The lowest BCUT2D eigenvalue weighted by Crippen LogP contribution is -2.39. The van der Waals surface area contributed by atoms with Crippen LogP contribution in [-0.2, 0) is 4.79 Å². The monoisotopic (exact) mass is 327 g/mol. The molecule has 5 heteroatoms. The number of likely N-dealkylation sites (tertiary alicyclic amines) is 1. The highest BCUT2D eigenvalue weighted by Gasteiger charge is 2.27. The van der Waals surface area contributed by atoms with Crippen LogP contribution in [0.5, 0.6) is 11.5 Å². The second-order valence-corrected chi connectivity index (χ2v) is 5.12. The lowest BCUT2D eigenvalue weighted by molar-refractivity contribution is -0.133. The van der Waals surface area contributed by atoms with Gasteiger partial charge in [-0.3, -0.25) is 4.79 Å². The summed E-state index contributed by atoms with van der Waals surface area (Å²) in [6.07, 6.45) is 2.13. The quantitative estimate of drug-likeness (QED) is 0.780. The molecular formula is C14H18BrNO3. The molecule has 0 unspecified atom stereocenters. The highest BCUT2D eigenvalue weighted by atomic mass is 79.9. The van der Waals surface area contributed by atoms with Gasteiger partial charge in [0.15, 0.2) is 18.1 Å². The molecule has 4 nitrogen and oxygen atoms in total. The Morgan fingerprint density at radius 1 is 1.42 bits per heavy atom. The fraction of sp³-hybridized carbons (Fsp3) is 0.500. The van der Waals surface area contributed by atoms with Crippen molar-refractivity contribution in [1.29, 1.82) is 0 Å². The van der Waals surface area contributed by atoms with Crippen LogP contribution >= 0.6 is 15.9 Å². The molecule has 1 amide bonds. The molecule has 1 aliphatic heterocycles. The van der Waals surface area contributed by atoms with Crippen LogP contribution in [-0.4, -0.2) is 42.4 Å². The molecule has 1 aromatic rings. The Morgan fingerprint density at radius 2 is 2.16 bits per heavy atom. The number of carbonyl (C=O) groups excluding carboxylic acids is 1. The second-order valence-electron chi connectivity index (χ2n) is 4.48. The van der Waals surface area contributed by atoms with Gasteiger partial charge in [0.05, 0.1) is 7.11 Å². The molecule has 0 saturated carbocycles. The molecular weight excluding hydrogens is 310 g/mol. The molecule has 104 valence electrons. The van der Waals surface area contributed by atoms with Gasteiger partial charge in [0, 0.05) is 17.9 Å². The van der Waals surface area contributed by atoms with Gasteiger partial charge in [0.2, 0.25) is 0 Å². The molecule has 0 bridgehead atoms. The van der Waals surface area contributed by atoms with E-state index in [1.165, 1.54) is 0 Å². The molecule has 0 aliphatic carbocycles. The minimum Gasteiger partial charge on any atom is -0.493 e. The van der Waals surface area contributed by atoms with Crippen molar-refractivity contribution in [2.24, 2.45) is 0 Å². The molecule has 19 heavy (non-hydrogen) atoms. The van der Waals surface area contributed by atoms with E-state index in [0.717, 1.165) is 24.7 Å². The van der Waals surface area contributed by atoms with E-state index in [1.807, 2.05) is 23.1 Å². The van der Waals surface area contributed by atoms with Crippen LogP contribution in [0.3, 0.4) is 0 Å². The molecule has 1 heterocycles. The van der Waals surface area contributed by atoms with E-state index < -0.39 is 0 Å². The Morgan fingerprint density at radius 3 is 2.84 bits per heavy atom. The van der Waals surface area contributed by atoms with E-state index in [9.17, 15) is 4.79 Å². The average molecular weight is 328 g/mol. The maximum atomic E-state index is 12.1. The Kier molecular flexibility index (Phi) is 5.07. The zero-order valence-corrected chi connectivity index (χ0v) is 12.6. The van der Waals surface area contributed by atoms with Crippen LogP contribution in [0.4, 0.5) is 0 Å². The minimum absolute atomic E-state index is 0.0351. The maximum Gasteiger partial charge on any atom is 0.260 e. The number of alkyl halides is 1. The van der Waals surface area contributed by atoms with Gasteiger partial charge in [-0.2, -0.15) is 0 Å². The average Bonchev–Trinajstić information content (AvgIpc) is 2.93. The third kappa shape index (κ3) is 3.41. The van der Waals surface area contributed by atoms with Crippen molar-refractivity contribution in [3.05, 3.63) is 24.3 Å². The third-order valence-electron chi connectivity index (χ3n) is 3.30. The number of ether oxygens (including phenoxy) is 2. The van der Waals surface area contributed by atoms with E-state index in [1.54, 1.807) is 13.2 Å². The number of benzene rings is 1. The summed E-state index contributed by atoms with van der Waals surface area (Å²) in [4.78, 5) is 14.0. The van der Waals surface area contributed by atoms with Gasteiger partial charge in [-0.15, -0.1) is 0 Å². The van der Waals surface area contributed by atoms with E-state index in [0.29, 0.717) is 17.5 Å². The van der Waals surface area contributed by atoms with Crippen LogP contribution in [0.25, 0.3) is 0 Å². The molecule has 2 rings (SSSR count). The SMILES string of the molecule is COc1ccccc1OCC(=O)N1CCC[C@H]1CBr. The van der Waals surface area contributed by atoms with Crippen LogP contribution in [0.15, 0.2) is 24.3 Å². The summed E-state index contributed by atoms with van der Waals surface area (Å²) in [6, 6.07) is 7.65. The van der Waals surface area contributed by atoms with Crippen LogP contribution in [0.2, 0.25) is 0 Å². The molecule has 0 spiro atoms. The van der Waals surface area contributed by atoms with Crippen molar-refractivity contribution in [2.45, 2.75) is 18.9 Å². The number of halogens is 1. The standard InChI is InChI=1S/C14H18BrNO3/c1-18-12-6-2-3-7-13(12)19-10-14(17)16-8-4-5-11(16)9-15/h2-3,6-7,11H,4-5,8-10H2,1H3/t11-/m0/s1. The van der Waals surface area contributed by atoms with Crippen LogP contribution in [0.1, 0.15) is 12.8 Å². The highest BCUT2D eigenvalue weighted by Crippen LogP contribution is 2.26. The lowest BCUT2D eigenvalue weighted by atomic mass is 10.2. The van der Waals surface area contributed by atoms with Gasteiger partial charge in [-0.05, 0) is 25.0 Å². The Bertz CT molecular complexity index is 438. The minimum atomic E-state index is 0.0351. The van der Waals surface area contributed by atoms with Crippen molar-refractivity contribution in [2.75, 3.05) is 25.6 Å². The Hall–Kier alpha value is -1.23. The number of para-hydroxylation sites is 2. The van der Waals surface area contributed by atoms with Crippen molar-refractivity contribution < 1.29 is 14.3 Å². The first-order chi connectivity index (χ1) is 9.26. The van der Waals surface area contributed by atoms with Gasteiger partial charge in [-0.1, -0.05) is 28.1 Å². The number of carbonyl (C=O) groups is 1. The van der Waals surface area contributed by atoms with E-state index in [-0.39, 0.29) is 12.5 Å². The predicted octanol–water partition coefficient (Wildman–Crippen LogP) is 2.46. The third-order valence-corrected chi connectivity index (χ3v) is 4.04. The van der Waals surface area contributed by atoms with E-state index >= 15 is 0 Å². The first kappa shape index (κ1) is 14.2. The normalized spacial score (nSPS) is 18.4. The lowest BCUT2D eigenvalue weighted by Gasteiger charge is -2.23. The van der Waals surface area contributed by atoms with E-state index in [2.05, 4.69) is 15.9 Å². The van der Waals surface area contributed by atoms with Gasteiger partial charge in [-0.25, -0.2) is 0 Å². The fourth-order valence-corrected chi connectivity index (χ4v) is 2.96. The topological polar surface area (TPSA) is 38.8 Å². The summed E-state index contributed by atoms with van der Waals surface area (Å²) >= 11 is 3.45. The van der Waals surface area contributed by atoms with Crippen molar-refractivity contribution >= 4 is 21.8 Å². The molecule has 0 radical (unpaired) electrons. The molecule has 0 aromatic heterocycles. The van der Waals surface area contributed by atoms with Gasteiger partial charge in [0.25, 0.3) is 5.91 Å². The number of rotatable bonds is 5. The van der Waals surface area contributed by atoms with Gasteiger partial charge in [0.1, 0.15) is 0 Å². The van der Waals surface area contributed by atoms with Gasteiger partial charge < -0.3 is 14.4 Å². The van der Waals surface area contributed by atoms with Crippen molar-refractivity contribution in [3.63, 3.8) is 0 Å². The summed E-state index contributed by atoms with van der Waals surface area (Å²) in [5.41, 5.74) is 0. The highest BCUT2D eigenvalue weighted by molar-refractivity contribution is 9.09. The fourth-order valence-electron chi connectivity index (χ4n) is 2.28. The van der Waals surface area contributed by atoms with Gasteiger partial charge >= 0.3 is 0 Å². The first-order valence-corrected chi connectivity index (χ1v) is 7.49. The van der Waals surface area contributed by atoms with Crippen LogP contribution in [0, 0.1) is 0 Å². The Balaban J connectivity index is 1.93. The molecule has 1 saturated heterocycles. The number of methoxy groups -OCH3 is 1. The summed E-state index contributed by atoms with van der Waals surface area (Å²) in [5, 5.41) is 0.827. The summed E-state index contributed by atoms with van der Waals surface area (Å²) in [5.74, 6) is 1.29. The molecule has 1 aromatic carbocycles. The molecule has 1 aliphatic rings. The molecule has 1 fully saturated rings. The number of amides is 1. The van der Waals surface area contributed by atoms with Crippen molar-refractivity contribution in [1.82, 2.24) is 4.90 Å². The predicted molar refractivity (Wildman–Crippen MR) is 77.0 cm³/mol. The Labute approximate surface area is 121 Å². The summed E-state index contributed by atoms with van der Waals surface area (Å²) < 4.78 is 10.8. The number of nitrogens with zero attached hydrogens (tertiary/aromatic N) is 1. The zero-order chi connectivity index (χ0) is 13.7. The largest absolute Gasteiger partial charge is 0.493 e. The van der Waals surface area contributed by atoms with E-state index in [4.69, 9.17) is 9.47 Å². The zero-order valence-electron chi connectivity index (χ0n) is 11.0. The second kappa shape index (κ2) is 6.80. The molecule has 0 N–H and O–H groups in total. The maximum absolute atomic E-state index is 12.1.